The molecule has 0 bridgehead atoms. The number of nitrogens with one attached hydrogen (secondary N) is 1. The average molecular weight is 206 g/mol. The van der Waals surface area contributed by atoms with E-state index in [0.717, 1.165) is 25.3 Å². The summed E-state index contributed by atoms with van der Waals surface area (Å²) in [6, 6.07) is 6.57. The zero-order chi connectivity index (χ0) is 10.5. The van der Waals surface area contributed by atoms with Gasteiger partial charge in [0.05, 0.1) is 6.61 Å². The highest BCUT2D eigenvalue weighted by atomic mass is 16.5. The largest absolute Gasteiger partial charge is 0.381 e. The highest BCUT2D eigenvalue weighted by molar-refractivity contribution is 5.06. The van der Waals surface area contributed by atoms with E-state index in [0.29, 0.717) is 12.0 Å². The Morgan fingerprint density at radius 1 is 1.60 bits per heavy atom. The van der Waals surface area contributed by atoms with E-state index in [2.05, 4.69) is 16.4 Å². The van der Waals surface area contributed by atoms with Gasteiger partial charge in [-0.25, -0.2) is 0 Å². The maximum Gasteiger partial charge on any atom is 0.0510 e. The Hall–Kier alpha value is -0.930. The summed E-state index contributed by atoms with van der Waals surface area (Å²) in [6.45, 7) is 1.80. The number of hydrogen-bond donors (Lipinski definition) is 1. The Morgan fingerprint density at radius 2 is 2.53 bits per heavy atom. The maximum absolute atomic E-state index is 5.42. The molecule has 1 saturated heterocycles. The fraction of sp³-hybridized carbons (Fsp3) is 0.583. The number of aromatic nitrogens is 1. The number of ether oxygens (including phenoxy) is 1. The summed E-state index contributed by atoms with van der Waals surface area (Å²) < 4.78 is 5.42. The molecule has 1 aromatic rings. The molecule has 2 atom stereocenters. The number of hydrogen-bond acceptors (Lipinski definition) is 3. The van der Waals surface area contributed by atoms with Gasteiger partial charge in [0, 0.05) is 36.9 Å². The standard InChI is InChI=1S/C12H18N2O/c1-13-12(10-5-7-15-9-10)8-11-4-2-3-6-14-11/h2-4,6,10,12-13H,5,7-9H2,1H3. The number of nitrogens with zero attached hydrogens (tertiary/aromatic N) is 1. The third kappa shape index (κ3) is 2.76. The predicted octanol–water partition coefficient (Wildman–Crippen LogP) is 1.25. The number of likely N-dealkylation sites (N-methyl/N-ethyl adjacent to an activating group) is 1. The van der Waals surface area contributed by atoms with Crippen molar-refractivity contribution in [3.63, 3.8) is 0 Å². The maximum atomic E-state index is 5.42. The molecule has 0 amide bonds. The molecule has 1 aliphatic heterocycles. The second kappa shape index (κ2) is 5.24. The zero-order valence-corrected chi connectivity index (χ0v) is 9.15. The molecular weight excluding hydrogens is 188 g/mol. The Bertz CT molecular complexity index is 283. The molecule has 1 fully saturated rings. The van der Waals surface area contributed by atoms with Gasteiger partial charge in [-0.15, -0.1) is 0 Å². The van der Waals surface area contributed by atoms with Crippen molar-refractivity contribution in [3.8, 4) is 0 Å². The number of pyridine rings is 1. The minimum Gasteiger partial charge on any atom is -0.381 e. The predicted molar refractivity (Wildman–Crippen MR) is 59.7 cm³/mol. The van der Waals surface area contributed by atoms with Gasteiger partial charge in [-0.2, -0.15) is 0 Å². The first-order valence-electron chi connectivity index (χ1n) is 5.55. The van der Waals surface area contributed by atoms with Crippen LogP contribution in [0.15, 0.2) is 24.4 Å². The highest BCUT2D eigenvalue weighted by Crippen LogP contribution is 2.18. The van der Waals surface area contributed by atoms with Crippen LogP contribution < -0.4 is 5.32 Å². The van der Waals surface area contributed by atoms with E-state index >= 15 is 0 Å². The van der Waals surface area contributed by atoms with Crippen LogP contribution in [0.2, 0.25) is 0 Å². The molecule has 0 radical (unpaired) electrons. The summed E-state index contributed by atoms with van der Waals surface area (Å²) in [5.41, 5.74) is 1.16. The molecule has 0 aromatic carbocycles. The number of rotatable bonds is 4. The van der Waals surface area contributed by atoms with Gasteiger partial charge in [0.1, 0.15) is 0 Å². The van der Waals surface area contributed by atoms with Gasteiger partial charge in [-0.05, 0) is 25.6 Å². The Kier molecular flexibility index (Phi) is 3.69. The van der Waals surface area contributed by atoms with Crippen LogP contribution in [0.3, 0.4) is 0 Å². The van der Waals surface area contributed by atoms with E-state index < -0.39 is 0 Å². The molecule has 1 aromatic heterocycles. The van der Waals surface area contributed by atoms with Crippen LogP contribution in [0.5, 0.6) is 0 Å². The van der Waals surface area contributed by atoms with Crippen LogP contribution >= 0.6 is 0 Å². The van der Waals surface area contributed by atoms with Crippen molar-refractivity contribution in [2.75, 3.05) is 20.3 Å². The van der Waals surface area contributed by atoms with Crippen molar-refractivity contribution in [2.24, 2.45) is 5.92 Å². The normalized spacial score (nSPS) is 22.9. The van der Waals surface area contributed by atoms with Crippen LogP contribution in [0.4, 0.5) is 0 Å². The lowest BCUT2D eigenvalue weighted by Crippen LogP contribution is -2.36. The molecule has 0 saturated carbocycles. The first kappa shape index (κ1) is 10.6. The first-order valence-corrected chi connectivity index (χ1v) is 5.55. The summed E-state index contributed by atoms with van der Waals surface area (Å²) in [7, 11) is 2.02. The second-order valence-corrected chi connectivity index (χ2v) is 4.04. The third-order valence-electron chi connectivity index (χ3n) is 3.06. The molecule has 0 aliphatic carbocycles. The molecule has 1 N–H and O–H groups in total. The van der Waals surface area contributed by atoms with E-state index in [4.69, 9.17) is 4.74 Å². The van der Waals surface area contributed by atoms with Crippen molar-refractivity contribution < 1.29 is 4.74 Å². The van der Waals surface area contributed by atoms with Crippen LogP contribution in [0, 0.1) is 5.92 Å². The molecule has 2 rings (SSSR count). The minimum atomic E-state index is 0.488. The SMILES string of the molecule is CNC(Cc1ccccn1)C1CCOC1. The van der Waals surface area contributed by atoms with Crippen LogP contribution in [0.25, 0.3) is 0 Å². The zero-order valence-electron chi connectivity index (χ0n) is 9.15. The lowest BCUT2D eigenvalue weighted by atomic mass is 9.95. The van der Waals surface area contributed by atoms with Gasteiger partial charge in [0.25, 0.3) is 0 Å². The average Bonchev–Trinajstić information content (AvgIpc) is 2.81. The summed E-state index contributed by atoms with van der Waals surface area (Å²) in [5.74, 6) is 0.636. The van der Waals surface area contributed by atoms with E-state index in [9.17, 15) is 0 Å². The molecule has 3 nitrogen and oxygen atoms in total. The molecule has 1 aliphatic rings. The molecule has 2 heterocycles. The van der Waals surface area contributed by atoms with Gasteiger partial charge in [0.2, 0.25) is 0 Å². The van der Waals surface area contributed by atoms with E-state index in [1.54, 1.807) is 0 Å². The minimum absolute atomic E-state index is 0.488. The summed E-state index contributed by atoms with van der Waals surface area (Å²) in [4.78, 5) is 4.36. The van der Waals surface area contributed by atoms with E-state index in [1.807, 2.05) is 25.4 Å². The van der Waals surface area contributed by atoms with Crippen molar-refractivity contribution in [3.05, 3.63) is 30.1 Å². The second-order valence-electron chi connectivity index (χ2n) is 4.04. The monoisotopic (exact) mass is 206 g/mol. The summed E-state index contributed by atoms with van der Waals surface area (Å²) in [6.07, 6.45) is 4.01. The van der Waals surface area contributed by atoms with Gasteiger partial charge in [-0.3, -0.25) is 4.98 Å². The molecule has 15 heavy (non-hydrogen) atoms. The van der Waals surface area contributed by atoms with E-state index in [-0.39, 0.29) is 0 Å². The van der Waals surface area contributed by atoms with Gasteiger partial charge in [-0.1, -0.05) is 6.07 Å². The highest BCUT2D eigenvalue weighted by Gasteiger charge is 2.24. The molecule has 82 valence electrons. The quantitative estimate of drug-likeness (QED) is 0.805. The lowest BCUT2D eigenvalue weighted by molar-refractivity contribution is 0.177. The lowest BCUT2D eigenvalue weighted by Gasteiger charge is -2.21. The summed E-state index contributed by atoms with van der Waals surface area (Å²) >= 11 is 0. The molecule has 2 unspecified atom stereocenters. The van der Waals surface area contributed by atoms with Crippen molar-refractivity contribution in [1.29, 1.82) is 0 Å². The fourth-order valence-corrected chi connectivity index (χ4v) is 2.12. The third-order valence-corrected chi connectivity index (χ3v) is 3.06. The van der Waals surface area contributed by atoms with Crippen LogP contribution in [0.1, 0.15) is 12.1 Å². The Balaban J connectivity index is 1.96. The topological polar surface area (TPSA) is 34.2 Å². The van der Waals surface area contributed by atoms with E-state index in [1.165, 1.54) is 6.42 Å². The van der Waals surface area contributed by atoms with Crippen LogP contribution in [-0.2, 0) is 11.2 Å². The van der Waals surface area contributed by atoms with Crippen LogP contribution in [-0.4, -0.2) is 31.3 Å². The molecular formula is C12H18N2O. The summed E-state index contributed by atoms with van der Waals surface area (Å²) in [5, 5.41) is 3.37. The van der Waals surface area contributed by atoms with Crippen molar-refractivity contribution in [1.82, 2.24) is 10.3 Å². The Morgan fingerprint density at radius 3 is 3.13 bits per heavy atom. The fourth-order valence-electron chi connectivity index (χ4n) is 2.12. The van der Waals surface area contributed by atoms with Crippen molar-refractivity contribution >= 4 is 0 Å². The first-order chi connectivity index (χ1) is 7.40. The van der Waals surface area contributed by atoms with Gasteiger partial charge < -0.3 is 10.1 Å². The smallest absolute Gasteiger partial charge is 0.0510 e. The molecule has 3 heteroatoms. The van der Waals surface area contributed by atoms with Gasteiger partial charge >= 0.3 is 0 Å². The van der Waals surface area contributed by atoms with Crippen molar-refractivity contribution in [2.45, 2.75) is 18.9 Å². The Labute approximate surface area is 90.9 Å². The van der Waals surface area contributed by atoms with Gasteiger partial charge in [0.15, 0.2) is 0 Å². The molecule has 0 spiro atoms.